The third-order valence-electron chi connectivity index (χ3n) is 2.34. The van der Waals surface area contributed by atoms with Crippen LogP contribution in [0.1, 0.15) is 29.6 Å². The van der Waals surface area contributed by atoms with Crippen LogP contribution in [0.2, 0.25) is 0 Å². The van der Waals surface area contributed by atoms with E-state index in [1.807, 2.05) is 17.5 Å². The van der Waals surface area contributed by atoms with Crippen molar-refractivity contribution in [3.63, 3.8) is 0 Å². The fraction of sp³-hybridized carbons (Fsp3) is 0.364. The molecule has 2 aromatic heterocycles. The first-order valence-electron chi connectivity index (χ1n) is 5.13. The van der Waals surface area contributed by atoms with Crippen LogP contribution in [-0.4, -0.2) is 10.2 Å². The number of thiophene rings is 1. The first-order chi connectivity index (χ1) is 7.29. The second-order valence-corrected chi connectivity index (χ2v) is 4.71. The molecule has 4 heteroatoms. The van der Waals surface area contributed by atoms with E-state index in [2.05, 4.69) is 41.5 Å². The van der Waals surface area contributed by atoms with E-state index in [4.69, 9.17) is 0 Å². The molecule has 80 valence electrons. The second kappa shape index (κ2) is 4.49. The molecular weight excluding hydrogens is 206 g/mol. The Labute approximate surface area is 93.5 Å². The highest BCUT2D eigenvalue weighted by atomic mass is 32.1. The summed E-state index contributed by atoms with van der Waals surface area (Å²) in [4.78, 5) is 2.80. The summed E-state index contributed by atoms with van der Waals surface area (Å²) in [7, 11) is 0. The largest absolute Gasteiger partial charge is 0.375 e. The number of aromatic amines is 1. The Morgan fingerprint density at radius 2 is 2.40 bits per heavy atom. The summed E-state index contributed by atoms with van der Waals surface area (Å²) in [6.07, 6.45) is 4.78. The van der Waals surface area contributed by atoms with Crippen LogP contribution < -0.4 is 5.32 Å². The fourth-order valence-corrected chi connectivity index (χ4v) is 2.42. The Balaban J connectivity index is 2.04. The highest BCUT2D eigenvalue weighted by Gasteiger charge is 2.08. The summed E-state index contributed by atoms with van der Waals surface area (Å²) in [6, 6.07) is 4.74. The van der Waals surface area contributed by atoms with E-state index in [-0.39, 0.29) is 0 Å². The SMILES string of the molecule is CCc1ccc(C(C)Nc2cn[nH]c2)s1. The molecule has 3 nitrogen and oxygen atoms in total. The molecule has 2 aromatic rings. The van der Waals surface area contributed by atoms with Gasteiger partial charge in [0.1, 0.15) is 0 Å². The van der Waals surface area contributed by atoms with Crippen molar-refractivity contribution in [2.45, 2.75) is 26.3 Å². The fourth-order valence-electron chi connectivity index (χ4n) is 1.47. The second-order valence-electron chi connectivity index (χ2n) is 3.51. The molecule has 1 atom stereocenters. The number of rotatable bonds is 4. The third kappa shape index (κ3) is 2.39. The molecule has 1 unspecified atom stereocenters. The zero-order chi connectivity index (χ0) is 10.7. The smallest absolute Gasteiger partial charge is 0.0728 e. The molecule has 0 radical (unpaired) electrons. The van der Waals surface area contributed by atoms with Crippen molar-refractivity contribution in [3.8, 4) is 0 Å². The van der Waals surface area contributed by atoms with Crippen molar-refractivity contribution in [1.29, 1.82) is 0 Å². The van der Waals surface area contributed by atoms with E-state index in [1.54, 1.807) is 6.20 Å². The van der Waals surface area contributed by atoms with Crippen molar-refractivity contribution < 1.29 is 0 Å². The van der Waals surface area contributed by atoms with Gasteiger partial charge < -0.3 is 5.32 Å². The van der Waals surface area contributed by atoms with Gasteiger partial charge >= 0.3 is 0 Å². The Bertz CT molecular complexity index is 405. The van der Waals surface area contributed by atoms with Crippen molar-refractivity contribution >= 4 is 17.0 Å². The maximum atomic E-state index is 3.91. The van der Waals surface area contributed by atoms with Crippen molar-refractivity contribution in [1.82, 2.24) is 10.2 Å². The van der Waals surface area contributed by atoms with Crippen LogP contribution in [0.15, 0.2) is 24.5 Å². The molecule has 0 amide bonds. The number of nitrogens with one attached hydrogen (secondary N) is 2. The quantitative estimate of drug-likeness (QED) is 0.832. The van der Waals surface area contributed by atoms with Gasteiger partial charge in [-0.15, -0.1) is 11.3 Å². The molecular formula is C11H15N3S. The van der Waals surface area contributed by atoms with Gasteiger partial charge in [0.25, 0.3) is 0 Å². The van der Waals surface area contributed by atoms with Crippen LogP contribution in [-0.2, 0) is 6.42 Å². The van der Waals surface area contributed by atoms with Gasteiger partial charge in [-0.25, -0.2) is 0 Å². The van der Waals surface area contributed by atoms with Crippen LogP contribution >= 0.6 is 11.3 Å². The molecule has 0 aliphatic carbocycles. The van der Waals surface area contributed by atoms with E-state index in [9.17, 15) is 0 Å². The van der Waals surface area contributed by atoms with E-state index in [1.165, 1.54) is 9.75 Å². The van der Waals surface area contributed by atoms with Crippen LogP contribution in [0, 0.1) is 0 Å². The Hall–Kier alpha value is -1.29. The van der Waals surface area contributed by atoms with Crippen LogP contribution in [0.25, 0.3) is 0 Å². The summed E-state index contributed by atoms with van der Waals surface area (Å²) in [6.45, 7) is 4.35. The summed E-state index contributed by atoms with van der Waals surface area (Å²) in [5, 5.41) is 10.1. The van der Waals surface area contributed by atoms with Crippen LogP contribution in [0.3, 0.4) is 0 Å². The molecule has 2 N–H and O–H groups in total. The van der Waals surface area contributed by atoms with Crippen molar-refractivity contribution in [2.75, 3.05) is 5.32 Å². The van der Waals surface area contributed by atoms with Gasteiger partial charge in [0.2, 0.25) is 0 Å². The maximum absolute atomic E-state index is 3.91. The third-order valence-corrected chi connectivity index (χ3v) is 3.75. The lowest BCUT2D eigenvalue weighted by Crippen LogP contribution is -2.03. The molecule has 0 aliphatic rings. The predicted octanol–water partition coefficient (Wildman–Crippen LogP) is 3.21. The summed E-state index contributed by atoms with van der Waals surface area (Å²) in [5.41, 5.74) is 1.04. The van der Waals surface area contributed by atoms with Gasteiger partial charge in [-0.1, -0.05) is 6.92 Å². The normalized spacial score (nSPS) is 12.7. The number of H-pyrrole nitrogens is 1. The minimum Gasteiger partial charge on any atom is -0.375 e. The highest BCUT2D eigenvalue weighted by Crippen LogP contribution is 2.25. The zero-order valence-corrected chi connectivity index (χ0v) is 9.77. The number of hydrogen-bond donors (Lipinski definition) is 2. The Kier molecular flexibility index (Phi) is 3.06. The number of hydrogen-bond acceptors (Lipinski definition) is 3. The van der Waals surface area contributed by atoms with Crippen molar-refractivity contribution in [2.24, 2.45) is 0 Å². The zero-order valence-electron chi connectivity index (χ0n) is 8.95. The van der Waals surface area contributed by atoms with E-state index in [0.717, 1.165) is 12.1 Å². The van der Waals surface area contributed by atoms with Gasteiger partial charge in [-0.3, -0.25) is 5.10 Å². The minimum absolute atomic E-state index is 0.341. The standard InChI is InChI=1S/C11H15N3S/c1-3-10-4-5-11(15-10)8(2)14-9-6-12-13-7-9/h4-8,14H,3H2,1-2H3,(H,12,13). The van der Waals surface area contributed by atoms with E-state index in [0.29, 0.717) is 6.04 Å². The molecule has 0 fully saturated rings. The molecule has 15 heavy (non-hydrogen) atoms. The van der Waals surface area contributed by atoms with Gasteiger partial charge in [0.05, 0.1) is 17.9 Å². The predicted molar refractivity (Wildman–Crippen MR) is 64.3 cm³/mol. The average molecular weight is 221 g/mol. The van der Waals surface area contributed by atoms with Crippen LogP contribution in [0.5, 0.6) is 0 Å². The molecule has 0 spiro atoms. The van der Waals surface area contributed by atoms with Crippen LogP contribution in [0.4, 0.5) is 5.69 Å². The molecule has 0 saturated carbocycles. The number of anilines is 1. The summed E-state index contributed by atoms with van der Waals surface area (Å²) in [5.74, 6) is 0. The van der Waals surface area contributed by atoms with Gasteiger partial charge in [0.15, 0.2) is 0 Å². The molecule has 0 aliphatic heterocycles. The van der Waals surface area contributed by atoms with Gasteiger partial charge in [0, 0.05) is 16.0 Å². The number of aromatic nitrogens is 2. The van der Waals surface area contributed by atoms with Gasteiger partial charge in [-0.2, -0.15) is 5.10 Å². The minimum atomic E-state index is 0.341. The summed E-state index contributed by atoms with van der Waals surface area (Å²) < 4.78 is 0. The average Bonchev–Trinajstić information content (AvgIpc) is 2.86. The molecule has 2 heterocycles. The Morgan fingerprint density at radius 1 is 1.53 bits per heavy atom. The van der Waals surface area contributed by atoms with Gasteiger partial charge in [-0.05, 0) is 25.5 Å². The lowest BCUT2D eigenvalue weighted by atomic mass is 10.2. The lowest BCUT2D eigenvalue weighted by molar-refractivity contribution is 0.908. The molecule has 2 rings (SSSR count). The first-order valence-corrected chi connectivity index (χ1v) is 5.95. The van der Waals surface area contributed by atoms with Crippen molar-refractivity contribution in [3.05, 3.63) is 34.3 Å². The Morgan fingerprint density at radius 3 is 3.00 bits per heavy atom. The van der Waals surface area contributed by atoms with E-state index < -0.39 is 0 Å². The number of aryl methyl sites for hydroxylation is 1. The first kappa shape index (κ1) is 10.2. The summed E-state index contributed by atoms with van der Waals surface area (Å²) >= 11 is 1.87. The molecule has 0 bridgehead atoms. The van der Waals surface area contributed by atoms with E-state index >= 15 is 0 Å². The highest BCUT2D eigenvalue weighted by molar-refractivity contribution is 7.12. The molecule has 0 saturated heterocycles. The molecule has 0 aromatic carbocycles. The topological polar surface area (TPSA) is 40.7 Å². The monoisotopic (exact) mass is 221 g/mol. The lowest BCUT2D eigenvalue weighted by Gasteiger charge is -2.10. The number of nitrogens with zero attached hydrogens (tertiary/aromatic N) is 1. The maximum Gasteiger partial charge on any atom is 0.0728 e.